The molecule has 19 heavy (non-hydrogen) atoms. The fraction of sp³-hybridized carbons (Fsp3) is 0.417. The topological polar surface area (TPSA) is 74.9 Å². The van der Waals surface area contributed by atoms with Gasteiger partial charge in [0.15, 0.2) is 4.96 Å². The van der Waals surface area contributed by atoms with E-state index in [4.69, 9.17) is 5.11 Å². The molecule has 2 heterocycles. The Hall–Kier alpha value is -1.89. The van der Waals surface area contributed by atoms with E-state index in [0.717, 1.165) is 16.3 Å². The molecule has 7 heteroatoms. The number of carboxylic acid groups (broad SMARTS) is 1. The van der Waals surface area contributed by atoms with Crippen molar-refractivity contribution in [2.75, 3.05) is 7.05 Å². The lowest BCUT2D eigenvalue weighted by molar-refractivity contribution is -0.148. The molecule has 1 unspecified atom stereocenters. The summed E-state index contributed by atoms with van der Waals surface area (Å²) < 4.78 is 1.87. The molecule has 0 saturated heterocycles. The van der Waals surface area contributed by atoms with Crippen LogP contribution in [0, 0.1) is 6.92 Å². The second-order valence-corrected chi connectivity index (χ2v) is 5.29. The third kappa shape index (κ3) is 2.60. The van der Waals surface area contributed by atoms with Crippen LogP contribution >= 0.6 is 11.3 Å². The molecule has 0 bridgehead atoms. The van der Waals surface area contributed by atoms with E-state index in [9.17, 15) is 9.59 Å². The summed E-state index contributed by atoms with van der Waals surface area (Å²) in [6.07, 6.45) is 2.04. The van der Waals surface area contributed by atoms with E-state index in [1.807, 2.05) is 22.9 Å². The minimum Gasteiger partial charge on any atom is -0.480 e. The molecule has 1 N–H and O–H groups in total. The summed E-state index contributed by atoms with van der Waals surface area (Å²) in [5.74, 6) is -1.23. The fourth-order valence-corrected chi connectivity index (χ4v) is 2.65. The number of carbonyl (C=O) groups is 2. The molecule has 0 saturated carbocycles. The highest BCUT2D eigenvalue weighted by molar-refractivity contribution is 7.15. The number of fused-ring (bicyclic) bond motifs is 1. The Kier molecular flexibility index (Phi) is 3.57. The highest BCUT2D eigenvalue weighted by Crippen LogP contribution is 2.17. The number of hydrogen-bond acceptors (Lipinski definition) is 4. The number of likely N-dealkylation sites (N-methyl/N-ethyl adjacent to an activating group) is 1. The maximum atomic E-state index is 12.0. The number of hydrogen-bond donors (Lipinski definition) is 1. The van der Waals surface area contributed by atoms with Crippen molar-refractivity contribution >= 4 is 28.2 Å². The summed E-state index contributed by atoms with van der Waals surface area (Å²) >= 11 is 1.47. The van der Waals surface area contributed by atoms with Crippen LogP contribution in [0.25, 0.3) is 4.96 Å². The Morgan fingerprint density at radius 3 is 2.89 bits per heavy atom. The van der Waals surface area contributed by atoms with Gasteiger partial charge in [0, 0.05) is 24.3 Å². The summed E-state index contributed by atoms with van der Waals surface area (Å²) in [6, 6.07) is -0.828. The largest absolute Gasteiger partial charge is 0.480 e. The number of aliphatic carboxylic acids is 1. The zero-order chi connectivity index (χ0) is 14.2. The van der Waals surface area contributed by atoms with Gasteiger partial charge in [-0.3, -0.25) is 9.20 Å². The minimum atomic E-state index is -1.01. The monoisotopic (exact) mass is 281 g/mol. The smallest absolute Gasteiger partial charge is 0.326 e. The van der Waals surface area contributed by atoms with Crippen LogP contribution in [0.4, 0.5) is 0 Å². The number of aromatic nitrogens is 2. The molecule has 2 aromatic heterocycles. The number of imidazole rings is 1. The normalized spacial score (nSPS) is 12.6. The van der Waals surface area contributed by atoms with Gasteiger partial charge in [0.1, 0.15) is 6.04 Å². The lowest BCUT2D eigenvalue weighted by atomic mass is 10.2. The van der Waals surface area contributed by atoms with Crippen molar-refractivity contribution in [1.82, 2.24) is 14.3 Å². The van der Waals surface area contributed by atoms with E-state index in [1.54, 1.807) is 0 Å². The van der Waals surface area contributed by atoms with E-state index >= 15 is 0 Å². The SMILES string of the molecule is Cc1cn2c(CC(=O)N(C)C(C)C(=O)O)csc2n1. The van der Waals surface area contributed by atoms with Crippen LogP contribution in [0.1, 0.15) is 18.3 Å². The number of amides is 1. The van der Waals surface area contributed by atoms with Crippen molar-refractivity contribution in [3.63, 3.8) is 0 Å². The van der Waals surface area contributed by atoms with Gasteiger partial charge in [-0.15, -0.1) is 11.3 Å². The third-order valence-electron chi connectivity index (χ3n) is 3.07. The van der Waals surface area contributed by atoms with Gasteiger partial charge in [-0.2, -0.15) is 0 Å². The lowest BCUT2D eigenvalue weighted by Gasteiger charge is -2.21. The van der Waals surface area contributed by atoms with E-state index in [0.29, 0.717) is 0 Å². The molecule has 1 amide bonds. The van der Waals surface area contributed by atoms with Crippen molar-refractivity contribution in [3.05, 3.63) is 23.0 Å². The van der Waals surface area contributed by atoms with Crippen LogP contribution in [-0.4, -0.2) is 44.4 Å². The summed E-state index contributed by atoms with van der Waals surface area (Å²) in [6.45, 7) is 3.38. The molecular formula is C12H15N3O3S. The number of nitrogens with zero attached hydrogens (tertiary/aromatic N) is 3. The van der Waals surface area contributed by atoms with Crippen LogP contribution < -0.4 is 0 Å². The molecular weight excluding hydrogens is 266 g/mol. The zero-order valence-electron chi connectivity index (χ0n) is 11.0. The highest BCUT2D eigenvalue weighted by Gasteiger charge is 2.22. The van der Waals surface area contributed by atoms with Gasteiger partial charge in [0.05, 0.1) is 12.1 Å². The number of thiazole rings is 1. The first-order valence-corrected chi connectivity index (χ1v) is 6.68. The van der Waals surface area contributed by atoms with Crippen molar-refractivity contribution in [2.45, 2.75) is 26.3 Å². The third-order valence-corrected chi connectivity index (χ3v) is 3.96. The first-order chi connectivity index (χ1) is 8.90. The predicted octanol–water partition coefficient (Wildman–Crippen LogP) is 1.18. The van der Waals surface area contributed by atoms with Crippen LogP contribution in [-0.2, 0) is 16.0 Å². The van der Waals surface area contributed by atoms with Crippen molar-refractivity contribution < 1.29 is 14.7 Å². The standard InChI is InChI=1S/C12H15N3O3S/c1-7-5-15-9(6-19-12(15)13-7)4-10(16)14(3)8(2)11(17)18/h5-6,8H,4H2,1-3H3,(H,17,18). The molecule has 0 fully saturated rings. The Labute approximate surface area is 114 Å². The number of rotatable bonds is 4. The zero-order valence-corrected chi connectivity index (χ0v) is 11.8. The van der Waals surface area contributed by atoms with E-state index in [-0.39, 0.29) is 12.3 Å². The van der Waals surface area contributed by atoms with Crippen LogP contribution in [0.3, 0.4) is 0 Å². The Morgan fingerprint density at radius 1 is 1.58 bits per heavy atom. The molecule has 0 spiro atoms. The van der Waals surface area contributed by atoms with Crippen LogP contribution in [0.15, 0.2) is 11.6 Å². The fourth-order valence-electron chi connectivity index (χ4n) is 1.73. The molecule has 2 aromatic rings. The van der Waals surface area contributed by atoms with Gasteiger partial charge in [-0.25, -0.2) is 9.78 Å². The van der Waals surface area contributed by atoms with Crippen molar-refractivity contribution in [2.24, 2.45) is 0 Å². The van der Waals surface area contributed by atoms with E-state index < -0.39 is 12.0 Å². The Morgan fingerprint density at radius 2 is 2.26 bits per heavy atom. The molecule has 0 aliphatic carbocycles. The van der Waals surface area contributed by atoms with Gasteiger partial charge >= 0.3 is 5.97 Å². The van der Waals surface area contributed by atoms with E-state index in [2.05, 4.69) is 4.98 Å². The summed E-state index contributed by atoms with van der Waals surface area (Å²) in [5.41, 5.74) is 1.72. The predicted molar refractivity (Wildman–Crippen MR) is 71.4 cm³/mol. The molecule has 0 aliphatic rings. The second kappa shape index (κ2) is 5.00. The summed E-state index contributed by atoms with van der Waals surface area (Å²) in [4.78, 5) is 29.3. The number of carboxylic acids is 1. The minimum absolute atomic E-state index is 0.171. The molecule has 0 radical (unpaired) electrons. The second-order valence-electron chi connectivity index (χ2n) is 4.46. The van der Waals surface area contributed by atoms with Gasteiger partial charge in [0.25, 0.3) is 0 Å². The molecule has 2 rings (SSSR count). The first-order valence-electron chi connectivity index (χ1n) is 5.80. The first kappa shape index (κ1) is 13.5. The maximum Gasteiger partial charge on any atom is 0.326 e. The van der Waals surface area contributed by atoms with Crippen LogP contribution in [0.2, 0.25) is 0 Å². The molecule has 1 atom stereocenters. The number of aryl methyl sites for hydroxylation is 1. The highest BCUT2D eigenvalue weighted by atomic mass is 32.1. The molecule has 6 nitrogen and oxygen atoms in total. The average molecular weight is 281 g/mol. The van der Waals surface area contributed by atoms with Gasteiger partial charge in [-0.05, 0) is 13.8 Å². The average Bonchev–Trinajstić information content (AvgIpc) is 2.87. The maximum absolute atomic E-state index is 12.0. The van der Waals surface area contributed by atoms with Crippen molar-refractivity contribution in [3.8, 4) is 0 Å². The van der Waals surface area contributed by atoms with Gasteiger partial charge in [-0.1, -0.05) is 0 Å². The van der Waals surface area contributed by atoms with Crippen molar-refractivity contribution in [1.29, 1.82) is 0 Å². The van der Waals surface area contributed by atoms with Gasteiger partial charge < -0.3 is 10.0 Å². The molecule has 0 aromatic carbocycles. The molecule has 0 aliphatic heterocycles. The van der Waals surface area contributed by atoms with E-state index in [1.165, 1.54) is 30.2 Å². The quantitative estimate of drug-likeness (QED) is 0.913. The lowest BCUT2D eigenvalue weighted by Crippen LogP contribution is -2.41. The molecule has 102 valence electrons. The van der Waals surface area contributed by atoms with Gasteiger partial charge in [0.2, 0.25) is 5.91 Å². The summed E-state index contributed by atoms with van der Waals surface area (Å²) in [7, 11) is 1.50. The Bertz CT molecular complexity index is 631. The summed E-state index contributed by atoms with van der Waals surface area (Å²) in [5, 5.41) is 10.8. The van der Waals surface area contributed by atoms with Crippen LogP contribution in [0.5, 0.6) is 0 Å². The number of carbonyl (C=O) groups excluding carboxylic acids is 1. The Balaban J connectivity index is 2.16.